The number of hydrogen-bond donors (Lipinski definition) is 2. The number of hydrogen-bond acceptors (Lipinski definition) is 6. The van der Waals surface area contributed by atoms with Crippen molar-refractivity contribution in [2.24, 2.45) is 0 Å². The Morgan fingerprint density at radius 2 is 1.57 bits per heavy atom. The Morgan fingerprint density at radius 3 is 2.17 bits per heavy atom. The van der Waals surface area contributed by atoms with Crippen molar-refractivity contribution in [2.75, 3.05) is 5.32 Å². The molecule has 181 valence electrons. The van der Waals surface area contributed by atoms with Crippen LogP contribution in [0.1, 0.15) is 45.4 Å². The van der Waals surface area contributed by atoms with Crippen LogP contribution in [0.3, 0.4) is 0 Å². The molecule has 0 saturated carbocycles. The fourth-order valence-corrected chi connectivity index (χ4v) is 6.86. The summed E-state index contributed by atoms with van der Waals surface area (Å²) in [6, 6.07) is 18.3. The summed E-state index contributed by atoms with van der Waals surface area (Å²) >= 11 is 3.13. The first-order chi connectivity index (χ1) is 16.5. The Bertz CT molecular complexity index is 1280. The van der Waals surface area contributed by atoms with Gasteiger partial charge in [0, 0.05) is 42.3 Å². The summed E-state index contributed by atoms with van der Waals surface area (Å²) in [5, 5.41) is 35.5. The molecule has 0 bridgehead atoms. The van der Waals surface area contributed by atoms with Crippen LogP contribution in [-0.2, 0) is 10.0 Å². The van der Waals surface area contributed by atoms with Gasteiger partial charge in [-0.15, -0.1) is 32.9 Å². The minimum absolute atomic E-state index is 0.231. The summed E-state index contributed by atoms with van der Waals surface area (Å²) in [5.41, 5.74) is 1.07. The van der Waals surface area contributed by atoms with Crippen molar-refractivity contribution in [1.29, 1.82) is 5.26 Å². The van der Waals surface area contributed by atoms with Gasteiger partial charge in [-0.3, -0.25) is 0 Å². The van der Waals surface area contributed by atoms with Crippen molar-refractivity contribution < 1.29 is 15.1 Å². The van der Waals surface area contributed by atoms with Crippen molar-refractivity contribution >= 4 is 40.4 Å². The quantitative estimate of drug-likeness (QED) is 0.280. The molecule has 0 atom stereocenters. The molecule has 8 heteroatoms. The average Bonchev–Trinajstić information content (AvgIpc) is 3.45. The average molecular weight is 507 g/mol. The lowest BCUT2D eigenvalue weighted by molar-refractivity contribution is -0.288. The number of thiophene rings is 2. The van der Waals surface area contributed by atoms with Crippen LogP contribution in [0.25, 0.3) is 26.3 Å². The van der Waals surface area contributed by atoms with Gasteiger partial charge in [-0.25, -0.2) is 4.79 Å². The van der Waals surface area contributed by atoms with E-state index in [2.05, 4.69) is 41.7 Å². The fraction of sp³-hybridized carbons (Fsp3) is 0.333. The molecule has 0 aliphatic carbocycles. The molecular formula is C27H28N3O3S2. The molecule has 0 unspecified atom stereocenters. The number of carboxylic acid groups (broad SMARTS) is 1. The lowest BCUT2D eigenvalue weighted by Crippen LogP contribution is -2.60. The van der Waals surface area contributed by atoms with Crippen LogP contribution >= 0.6 is 22.7 Å². The topological polar surface area (TPSA) is 96.3 Å². The van der Waals surface area contributed by atoms with E-state index in [9.17, 15) is 10.0 Å². The van der Waals surface area contributed by atoms with Gasteiger partial charge >= 0.3 is 5.97 Å². The molecule has 0 spiro atoms. The summed E-state index contributed by atoms with van der Waals surface area (Å²) in [7, 11) is 0. The molecule has 0 amide bonds. The Hall–Kier alpha value is -2.96. The Kier molecular flexibility index (Phi) is 6.89. The van der Waals surface area contributed by atoms with E-state index in [-0.39, 0.29) is 11.6 Å². The number of nitrogens with zero attached hydrogens (tertiary/aromatic N) is 2. The maximum Gasteiger partial charge on any atom is 0.346 e. The van der Waals surface area contributed by atoms with Gasteiger partial charge in [-0.2, -0.15) is 5.26 Å². The second-order valence-corrected chi connectivity index (χ2v) is 12.3. The van der Waals surface area contributed by atoms with Gasteiger partial charge in [-0.1, -0.05) is 12.1 Å². The first-order valence-corrected chi connectivity index (χ1v) is 13.0. The van der Waals surface area contributed by atoms with Crippen molar-refractivity contribution in [3.63, 3.8) is 0 Å². The van der Waals surface area contributed by atoms with Crippen LogP contribution in [0.2, 0.25) is 0 Å². The number of carbonyl (C=O) groups is 1. The van der Waals surface area contributed by atoms with Gasteiger partial charge in [0.15, 0.2) is 0 Å². The predicted octanol–water partition coefficient (Wildman–Crippen LogP) is 6.91. The van der Waals surface area contributed by atoms with Crippen molar-refractivity contribution in [2.45, 2.75) is 57.7 Å². The number of anilines is 1. The SMILES string of the molecule is CC1(C)CC(Nc2ccc(-c3ccc(-c4ccc(/C=C(/C#N)C(=O)O)s4)s3)cc2)CC(C)(C)N1[O]. The highest BCUT2D eigenvalue weighted by atomic mass is 32.1. The van der Waals surface area contributed by atoms with Crippen LogP contribution < -0.4 is 5.32 Å². The molecule has 2 aromatic heterocycles. The zero-order chi connectivity index (χ0) is 25.4. The number of nitriles is 1. The summed E-state index contributed by atoms with van der Waals surface area (Å²) in [5.74, 6) is -1.22. The Morgan fingerprint density at radius 1 is 1.00 bits per heavy atom. The van der Waals surface area contributed by atoms with E-state index >= 15 is 0 Å². The number of aliphatic carboxylic acids is 1. The van der Waals surface area contributed by atoms with Crippen molar-refractivity contribution in [3.8, 4) is 26.3 Å². The molecule has 6 nitrogen and oxygen atoms in total. The second-order valence-electron chi connectivity index (χ2n) is 10.1. The highest BCUT2D eigenvalue weighted by molar-refractivity contribution is 7.24. The fourth-order valence-electron chi connectivity index (χ4n) is 4.80. The molecule has 35 heavy (non-hydrogen) atoms. The number of piperidine rings is 1. The molecule has 3 aromatic rings. The summed E-state index contributed by atoms with van der Waals surface area (Å²) in [4.78, 5) is 15.1. The van der Waals surface area contributed by atoms with Gasteiger partial charge in [0.05, 0.1) is 0 Å². The van der Waals surface area contributed by atoms with E-state index in [0.717, 1.165) is 43.6 Å². The van der Waals surface area contributed by atoms with E-state index in [0.29, 0.717) is 0 Å². The number of nitrogens with one attached hydrogen (secondary N) is 1. The van der Waals surface area contributed by atoms with Crippen LogP contribution in [0, 0.1) is 11.3 Å². The molecule has 1 radical (unpaired) electrons. The Labute approximate surface area is 213 Å². The minimum Gasteiger partial charge on any atom is -0.477 e. The van der Waals surface area contributed by atoms with Gasteiger partial charge < -0.3 is 10.4 Å². The third kappa shape index (κ3) is 5.49. The first-order valence-electron chi connectivity index (χ1n) is 11.4. The van der Waals surface area contributed by atoms with Crippen LogP contribution in [0.15, 0.2) is 54.1 Å². The zero-order valence-electron chi connectivity index (χ0n) is 20.2. The van der Waals surface area contributed by atoms with E-state index in [1.165, 1.54) is 22.5 Å². The summed E-state index contributed by atoms with van der Waals surface area (Å²) in [6.45, 7) is 8.03. The van der Waals surface area contributed by atoms with E-state index < -0.39 is 17.0 Å². The lowest BCUT2D eigenvalue weighted by atomic mass is 9.79. The molecule has 4 rings (SSSR count). The van der Waals surface area contributed by atoms with E-state index in [1.807, 2.05) is 39.8 Å². The van der Waals surface area contributed by atoms with Crippen LogP contribution in [-0.4, -0.2) is 33.3 Å². The number of benzene rings is 1. The zero-order valence-corrected chi connectivity index (χ0v) is 21.8. The molecular weight excluding hydrogens is 478 g/mol. The predicted molar refractivity (Wildman–Crippen MR) is 142 cm³/mol. The van der Waals surface area contributed by atoms with Crippen LogP contribution in [0.4, 0.5) is 5.69 Å². The number of carboxylic acids is 1. The first kappa shape index (κ1) is 25.1. The normalized spacial score (nSPS) is 18.2. The van der Waals surface area contributed by atoms with Crippen LogP contribution in [0.5, 0.6) is 0 Å². The second kappa shape index (κ2) is 9.59. The third-order valence-corrected chi connectivity index (χ3v) is 8.61. The smallest absolute Gasteiger partial charge is 0.346 e. The molecule has 1 fully saturated rings. The van der Waals surface area contributed by atoms with Gasteiger partial charge in [0.2, 0.25) is 0 Å². The van der Waals surface area contributed by atoms with E-state index in [4.69, 9.17) is 10.4 Å². The Balaban J connectivity index is 1.46. The van der Waals surface area contributed by atoms with Gasteiger partial charge in [0.25, 0.3) is 0 Å². The molecule has 2 N–H and O–H groups in total. The maximum atomic E-state index is 12.6. The van der Waals surface area contributed by atoms with Crippen molar-refractivity contribution in [1.82, 2.24) is 5.06 Å². The number of rotatable bonds is 6. The van der Waals surface area contributed by atoms with Gasteiger partial charge in [-0.05, 0) is 88.6 Å². The lowest BCUT2D eigenvalue weighted by Gasteiger charge is -2.50. The molecule has 1 aromatic carbocycles. The third-order valence-electron chi connectivity index (χ3n) is 6.24. The minimum atomic E-state index is -1.22. The number of hydroxylamine groups is 2. The largest absolute Gasteiger partial charge is 0.477 e. The maximum absolute atomic E-state index is 12.6. The molecule has 1 aliphatic heterocycles. The highest BCUT2D eigenvalue weighted by Gasteiger charge is 2.46. The summed E-state index contributed by atoms with van der Waals surface area (Å²) in [6.07, 6.45) is 2.98. The molecule has 3 heterocycles. The monoisotopic (exact) mass is 506 g/mol. The summed E-state index contributed by atoms with van der Waals surface area (Å²) < 4.78 is 0. The molecule has 1 saturated heterocycles. The van der Waals surface area contributed by atoms with Crippen molar-refractivity contribution in [3.05, 3.63) is 59.0 Å². The van der Waals surface area contributed by atoms with E-state index in [1.54, 1.807) is 17.4 Å². The highest BCUT2D eigenvalue weighted by Crippen LogP contribution is 2.40. The van der Waals surface area contributed by atoms with Gasteiger partial charge in [0.1, 0.15) is 11.6 Å². The standard InChI is InChI=1S/C27H28N3O3S2/c1-26(2)14-20(15-27(3,4)30(26)33)29-19-7-5-17(6-8-19)22-11-12-24(35-22)23-10-9-21(34-23)13-18(16-28)25(31)32/h5-13,20,29H,14-15H2,1-4H3,(H,31,32)/b18-13-. The molecule has 1 aliphatic rings.